The number of ether oxygens (including phenoxy) is 1. The molecule has 0 unspecified atom stereocenters. The van der Waals surface area contributed by atoms with Crippen LogP contribution < -0.4 is 0 Å². The van der Waals surface area contributed by atoms with Gasteiger partial charge in [-0.15, -0.1) is 0 Å². The number of halogens is 1. The fourth-order valence-electron chi connectivity index (χ4n) is 2.33. The van der Waals surface area contributed by atoms with Crippen molar-refractivity contribution in [2.45, 2.75) is 19.2 Å². The molecule has 19 heavy (non-hydrogen) atoms. The van der Waals surface area contributed by atoms with Crippen LogP contribution in [0, 0.1) is 11.8 Å². The molecule has 2 rings (SSSR count). The molecule has 1 fully saturated rings. The Hall–Kier alpha value is -0.980. The van der Waals surface area contributed by atoms with E-state index in [1.54, 1.807) is 0 Å². The Morgan fingerprint density at radius 2 is 1.95 bits per heavy atom. The van der Waals surface area contributed by atoms with E-state index < -0.39 is 28.0 Å². The minimum Gasteiger partial charge on any atom is -0.376 e. The molecule has 1 aliphatic rings. The van der Waals surface area contributed by atoms with Crippen LogP contribution >= 0.6 is 0 Å². The smallest absolute Gasteiger partial charge is 0.265 e. The second-order valence-corrected chi connectivity index (χ2v) is 6.45. The van der Waals surface area contributed by atoms with Gasteiger partial charge in [-0.3, -0.25) is 4.55 Å². The van der Waals surface area contributed by atoms with Crippen molar-refractivity contribution in [1.82, 2.24) is 0 Å². The standard InChI is InChI=1S/C13H17FO4S/c14-13-11(6-12(13)9-19(15,16)17)8-18-7-10-4-2-1-3-5-10/h1-5,11-13H,6-9H2,(H,15,16,17)/t11-,12-,13+/m0/s1. The van der Waals surface area contributed by atoms with Crippen LogP contribution in [0.2, 0.25) is 0 Å². The lowest BCUT2D eigenvalue weighted by atomic mass is 9.74. The van der Waals surface area contributed by atoms with Crippen LogP contribution in [0.4, 0.5) is 4.39 Å². The van der Waals surface area contributed by atoms with Gasteiger partial charge in [0.2, 0.25) is 0 Å². The Balaban J connectivity index is 1.69. The molecule has 0 aromatic heterocycles. The topological polar surface area (TPSA) is 63.6 Å². The summed E-state index contributed by atoms with van der Waals surface area (Å²) >= 11 is 0. The highest BCUT2D eigenvalue weighted by Crippen LogP contribution is 2.38. The predicted molar refractivity (Wildman–Crippen MR) is 69.0 cm³/mol. The maximum atomic E-state index is 13.6. The van der Waals surface area contributed by atoms with Crippen molar-refractivity contribution in [1.29, 1.82) is 0 Å². The second-order valence-electron chi connectivity index (χ2n) is 4.95. The molecule has 0 radical (unpaired) electrons. The maximum absolute atomic E-state index is 13.6. The van der Waals surface area contributed by atoms with Crippen molar-refractivity contribution in [3.8, 4) is 0 Å². The average molecular weight is 288 g/mol. The third-order valence-electron chi connectivity index (χ3n) is 3.37. The molecular formula is C13H17FO4S. The van der Waals surface area contributed by atoms with Crippen LogP contribution in [0.1, 0.15) is 12.0 Å². The van der Waals surface area contributed by atoms with Gasteiger partial charge in [-0.2, -0.15) is 8.42 Å². The molecule has 0 amide bonds. The average Bonchev–Trinajstić information content (AvgIpc) is 2.36. The van der Waals surface area contributed by atoms with Crippen molar-refractivity contribution >= 4 is 10.1 Å². The lowest BCUT2D eigenvalue weighted by Crippen LogP contribution is -2.44. The van der Waals surface area contributed by atoms with E-state index in [-0.39, 0.29) is 12.5 Å². The summed E-state index contributed by atoms with van der Waals surface area (Å²) in [6, 6.07) is 9.57. The van der Waals surface area contributed by atoms with Crippen LogP contribution in [0.5, 0.6) is 0 Å². The molecule has 4 nitrogen and oxygen atoms in total. The molecule has 1 aliphatic carbocycles. The van der Waals surface area contributed by atoms with E-state index in [0.29, 0.717) is 13.0 Å². The first-order chi connectivity index (χ1) is 8.96. The number of hydrogen-bond donors (Lipinski definition) is 1. The van der Waals surface area contributed by atoms with Crippen LogP contribution in [-0.2, 0) is 21.5 Å². The van der Waals surface area contributed by atoms with Gasteiger partial charge < -0.3 is 4.74 Å². The van der Waals surface area contributed by atoms with E-state index in [0.717, 1.165) is 5.56 Å². The highest BCUT2D eigenvalue weighted by Gasteiger charge is 2.43. The summed E-state index contributed by atoms with van der Waals surface area (Å²) < 4.78 is 49.0. The van der Waals surface area contributed by atoms with E-state index in [1.807, 2.05) is 30.3 Å². The third-order valence-corrected chi connectivity index (χ3v) is 4.22. The summed E-state index contributed by atoms with van der Waals surface area (Å²) in [5, 5.41) is 0. The van der Waals surface area contributed by atoms with Crippen LogP contribution in [0.25, 0.3) is 0 Å². The van der Waals surface area contributed by atoms with Crippen molar-refractivity contribution in [3.63, 3.8) is 0 Å². The van der Waals surface area contributed by atoms with E-state index in [1.165, 1.54) is 0 Å². The van der Waals surface area contributed by atoms with Gasteiger partial charge in [0, 0.05) is 11.8 Å². The van der Waals surface area contributed by atoms with E-state index in [4.69, 9.17) is 9.29 Å². The summed E-state index contributed by atoms with van der Waals surface area (Å²) in [5.74, 6) is -1.36. The molecule has 0 spiro atoms. The van der Waals surface area contributed by atoms with Crippen molar-refractivity contribution in [2.75, 3.05) is 12.4 Å². The maximum Gasteiger partial charge on any atom is 0.265 e. The first kappa shape index (κ1) is 14.4. The highest BCUT2D eigenvalue weighted by molar-refractivity contribution is 7.85. The van der Waals surface area contributed by atoms with Gasteiger partial charge in [-0.05, 0) is 12.0 Å². The molecule has 1 saturated carbocycles. The minimum atomic E-state index is -4.08. The number of rotatable bonds is 6. The molecular weight excluding hydrogens is 271 g/mol. The fraction of sp³-hybridized carbons (Fsp3) is 0.538. The molecule has 0 saturated heterocycles. The number of alkyl halides is 1. The normalized spacial score (nSPS) is 26.9. The molecule has 3 atom stereocenters. The van der Waals surface area contributed by atoms with E-state index in [9.17, 15) is 12.8 Å². The molecule has 1 N–H and O–H groups in total. The molecule has 0 aliphatic heterocycles. The summed E-state index contributed by atoms with van der Waals surface area (Å²) in [6.07, 6.45) is -0.770. The number of hydrogen-bond acceptors (Lipinski definition) is 3. The largest absolute Gasteiger partial charge is 0.376 e. The summed E-state index contributed by atoms with van der Waals surface area (Å²) in [7, 11) is -4.08. The molecule has 6 heteroatoms. The number of benzene rings is 1. The van der Waals surface area contributed by atoms with Gasteiger partial charge in [0.25, 0.3) is 10.1 Å². The first-order valence-electron chi connectivity index (χ1n) is 6.16. The van der Waals surface area contributed by atoms with Gasteiger partial charge in [0.1, 0.15) is 6.17 Å². The van der Waals surface area contributed by atoms with Crippen molar-refractivity contribution < 1.29 is 22.1 Å². The summed E-state index contributed by atoms with van der Waals surface area (Å²) in [4.78, 5) is 0. The van der Waals surface area contributed by atoms with Gasteiger partial charge >= 0.3 is 0 Å². The third kappa shape index (κ3) is 4.26. The molecule has 0 heterocycles. The van der Waals surface area contributed by atoms with E-state index in [2.05, 4.69) is 0 Å². The van der Waals surface area contributed by atoms with Gasteiger partial charge in [-0.1, -0.05) is 30.3 Å². The molecule has 106 valence electrons. The van der Waals surface area contributed by atoms with E-state index >= 15 is 0 Å². The van der Waals surface area contributed by atoms with Crippen molar-refractivity contribution in [3.05, 3.63) is 35.9 Å². The van der Waals surface area contributed by atoms with Gasteiger partial charge in [0.15, 0.2) is 0 Å². The monoisotopic (exact) mass is 288 g/mol. The Labute approximate surface area is 112 Å². The Kier molecular flexibility index (Phi) is 4.54. The van der Waals surface area contributed by atoms with Gasteiger partial charge in [-0.25, -0.2) is 4.39 Å². The highest BCUT2D eigenvalue weighted by atomic mass is 32.2. The lowest BCUT2D eigenvalue weighted by Gasteiger charge is -2.38. The quantitative estimate of drug-likeness (QED) is 0.814. The molecule has 1 aromatic carbocycles. The fourth-order valence-corrected chi connectivity index (χ4v) is 3.19. The Morgan fingerprint density at radius 3 is 2.53 bits per heavy atom. The Morgan fingerprint density at radius 1 is 1.26 bits per heavy atom. The summed E-state index contributed by atoms with van der Waals surface area (Å²) in [6.45, 7) is 0.699. The zero-order valence-electron chi connectivity index (χ0n) is 10.4. The first-order valence-corrected chi connectivity index (χ1v) is 7.77. The second kappa shape index (κ2) is 5.98. The molecule has 0 bridgehead atoms. The zero-order valence-corrected chi connectivity index (χ0v) is 11.2. The summed E-state index contributed by atoms with van der Waals surface area (Å²) in [5.41, 5.74) is 1.02. The Bertz CT molecular complexity index is 503. The SMILES string of the molecule is O=S(=O)(O)C[C@@H]1C[C@@H](COCc2ccccc2)[C@H]1F. The van der Waals surface area contributed by atoms with Crippen LogP contribution in [0.3, 0.4) is 0 Å². The van der Waals surface area contributed by atoms with Crippen LogP contribution in [0.15, 0.2) is 30.3 Å². The zero-order chi connectivity index (χ0) is 13.9. The van der Waals surface area contributed by atoms with Crippen LogP contribution in [-0.4, -0.2) is 31.5 Å². The van der Waals surface area contributed by atoms with Gasteiger partial charge in [0.05, 0.1) is 19.0 Å². The predicted octanol–water partition coefficient (Wildman–Crippen LogP) is 2.07. The minimum absolute atomic E-state index is 0.268. The lowest BCUT2D eigenvalue weighted by molar-refractivity contribution is -0.0285. The molecule has 1 aromatic rings. The van der Waals surface area contributed by atoms with Crippen molar-refractivity contribution in [2.24, 2.45) is 11.8 Å².